The van der Waals surface area contributed by atoms with Gasteiger partial charge < -0.3 is 45.2 Å². The normalized spacial score (nSPS) is 33.8. The Morgan fingerprint density at radius 3 is 2.37 bits per heavy atom. The molecule has 16 nitrogen and oxygen atoms in total. The summed E-state index contributed by atoms with van der Waals surface area (Å²) in [5, 5.41) is 20.6. The fourth-order valence-corrected chi connectivity index (χ4v) is 5.62. The largest absolute Gasteiger partial charge is 0.490 e. The fourth-order valence-electron chi connectivity index (χ4n) is 2.50. The van der Waals surface area contributed by atoms with Gasteiger partial charge in [0.15, 0.2) is 6.23 Å². The number of nitrogens with two attached hydrogens (primary N) is 1. The molecular formula is C11H20N3O13P3. The van der Waals surface area contributed by atoms with Crippen LogP contribution in [0.15, 0.2) is 29.7 Å². The Labute approximate surface area is 169 Å². The molecule has 0 saturated carbocycles. The zero-order valence-corrected chi connectivity index (χ0v) is 17.8. The van der Waals surface area contributed by atoms with Gasteiger partial charge in [0, 0.05) is 6.20 Å². The summed E-state index contributed by atoms with van der Waals surface area (Å²) in [6.07, 6.45) is -1.83. The number of hydrogen-bond acceptors (Lipinski definition) is 12. The first kappa shape index (κ1) is 25.3. The van der Waals surface area contributed by atoms with Gasteiger partial charge in [-0.1, -0.05) is 6.58 Å². The molecule has 0 aromatic carbocycles. The van der Waals surface area contributed by atoms with E-state index >= 15 is 0 Å². The molecule has 0 spiro atoms. The highest BCUT2D eigenvalue weighted by molar-refractivity contribution is 7.66. The summed E-state index contributed by atoms with van der Waals surface area (Å²) in [5.74, 6) is 0.183. The Bertz CT molecular complexity index is 902. The van der Waals surface area contributed by atoms with Crippen molar-refractivity contribution in [3.63, 3.8) is 0 Å². The van der Waals surface area contributed by atoms with E-state index in [4.69, 9.17) is 25.2 Å². The number of phosphoric acid groups is 3. The van der Waals surface area contributed by atoms with Crippen molar-refractivity contribution in [1.29, 1.82) is 0 Å². The number of nitrogens with zero attached hydrogens (tertiary/aromatic N) is 2. The molecule has 30 heavy (non-hydrogen) atoms. The molecule has 0 aliphatic carbocycles. The zero-order valence-electron chi connectivity index (χ0n) is 15.2. The van der Waals surface area contributed by atoms with Crippen LogP contribution in [0.4, 0.5) is 0 Å². The first-order chi connectivity index (χ1) is 13.4. The van der Waals surface area contributed by atoms with Gasteiger partial charge in [0.2, 0.25) is 0 Å². The van der Waals surface area contributed by atoms with Crippen molar-refractivity contribution in [2.45, 2.75) is 31.0 Å². The molecule has 0 bridgehead atoms. The standard InChI is InChI=1S/C11H20N3O13P3/c1-6-13-7(12)3-4-14(6)10-8(15)9(16)11(2,25-10)5-24-29(20,21)27-30(22,23)26-28(17,18)19/h3-4,8-10,15-16H,1,5H2,2H3,(H2,12,13)(H,20,21)(H,22,23)(H2,17,18,19)/t8?,9-,10-,11-/m1/s1. The van der Waals surface area contributed by atoms with Crippen molar-refractivity contribution >= 4 is 29.3 Å². The molecule has 0 amide bonds. The summed E-state index contributed by atoms with van der Waals surface area (Å²) in [4.78, 5) is 40.8. The third-order valence-corrected chi connectivity index (χ3v) is 7.58. The van der Waals surface area contributed by atoms with E-state index in [2.05, 4.69) is 24.7 Å². The number of aliphatic hydroxyl groups is 2. The SMILES string of the molecule is C=C1N=C(N)C=CN1[C@@H]1O[C@](C)(COP(=O)(O)OP(=O)(O)OP(=O)(O)O)[C@H](O)C1O. The maximum Gasteiger partial charge on any atom is 0.490 e. The molecule has 6 atom stereocenters. The minimum Gasteiger partial charge on any atom is -0.387 e. The van der Waals surface area contributed by atoms with Crippen molar-refractivity contribution in [3.8, 4) is 0 Å². The third-order valence-electron chi connectivity index (χ3n) is 3.80. The lowest BCUT2D eigenvalue weighted by atomic mass is 9.98. The van der Waals surface area contributed by atoms with Gasteiger partial charge in [0.05, 0.1) is 6.61 Å². The van der Waals surface area contributed by atoms with Crippen molar-refractivity contribution < 1.29 is 61.4 Å². The summed E-state index contributed by atoms with van der Waals surface area (Å²) in [7, 11) is -16.7. The van der Waals surface area contributed by atoms with Crippen molar-refractivity contribution in [1.82, 2.24) is 4.90 Å². The minimum absolute atomic E-state index is 0.0587. The lowest BCUT2D eigenvalue weighted by molar-refractivity contribution is -0.122. The molecule has 3 unspecified atom stereocenters. The molecular weight excluding hydrogens is 475 g/mol. The highest BCUT2D eigenvalue weighted by atomic mass is 31.3. The number of aliphatic hydroxyl groups excluding tert-OH is 2. The van der Waals surface area contributed by atoms with Crippen LogP contribution in [0.2, 0.25) is 0 Å². The van der Waals surface area contributed by atoms with Crippen molar-refractivity contribution in [2.75, 3.05) is 6.61 Å². The maximum atomic E-state index is 11.9. The molecule has 8 N–H and O–H groups in total. The molecule has 0 radical (unpaired) electrons. The molecule has 2 aliphatic heterocycles. The molecule has 1 saturated heterocycles. The van der Waals surface area contributed by atoms with E-state index in [-0.39, 0.29) is 11.7 Å². The number of ether oxygens (including phenoxy) is 1. The van der Waals surface area contributed by atoms with E-state index < -0.39 is 54.1 Å². The Morgan fingerprint density at radius 2 is 1.83 bits per heavy atom. The van der Waals surface area contributed by atoms with E-state index in [1.807, 2.05) is 0 Å². The summed E-state index contributed by atoms with van der Waals surface area (Å²) < 4.78 is 51.0. The average Bonchev–Trinajstić information content (AvgIpc) is 2.75. The predicted molar refractivity (Wildman–Crippen MR) is 96.8 cm³/mol. The second kappa shape index (κ2) is 8.52. The molecule has 0 aromatic rings. The monoisotopic (exact) mass is 495 g/mol. The van der Waals surface area contributed by atoms with Gasteiger partial charge in [-0.2, -0.15) is 8.62 Å². The lowest BCUT2D eigenvalue weighted by Gasteiger charge is -2.32. The number of hydrogen-bond donors (Lipinski definition) is 7. The van der Waals surface area contributed by atoms with Crippen LogP contribution in [0.1, 0.15) is 6.92 Å². The number of aliphatic imine (C=N–C) groups is 1. The summed E-state index contributed by atoms with van der Waals surface area (Å²) in [5.41, 5.74) is 3.66. The van der Waals surface area contributed by atoms with Crippen LogP contribution in [0.3, 0.4) is 0 Å². The first-order valence-electron chi connectivity index (χ1n) is 7.77. The Hall–Kier alpha value is -0.960. The van der Waals surface area contributed by atoms with Crippen LogP contribution in [-0.2, 0) is 31.6 Å². The second-order valence-electron chi connectivity index (χ2n) is 6.30. The number of amidine groups is 1. The molecule has 172 valence electrons. The molecule has 1 fully saturated rings. The van der Waals surface area contributed by atoms with Gasteiger partial charge in [0.1, 0.15) is 29.5 Å². The number of phosphoric ester groups is 1. The zero-order chi connectivity index (χ0) is 23.1. The van der Waals surface area contributed by atoms with Crippen LogP contribution < -0.4 is 5.73 Å². The fraction of sp³-hybridized carbons (Fsp3) is 0.545. The van der Waals surface area contributed by atoms with Crippen LogP contribution in [-0.4, -0.2) is 71.2 Å². The first-order valence-corrected chi connectivity index (χ1v) is 12.3. The van der Waals surface area contributed by atoms with Crippen LogP contribution in [0, 0.1) is 0 Å². The van der Waals surface area contributed by atoms with E-state index in [1.165, 1.54) is 24.1 Å². The quantitative estimate of drug-likeness (QED) is 0.196. The highest BCUT2D eigenvalue weighted by Crippen LogP contribution is 2.66. The average molecular weight is 495 g/mol. The Balaban J connectivity index is 2.08. The summed E-state index contributed by atoms with van der Waals surface area (Å²) in [6, 6.07) is 0. The maximum absolute atomic E-state index is 11.9. The van der Waals surface area contributed by atoms with Crippen LogP contribution in [0.25, 0.3) is 0 Å². The summed E-state index contributed by atoms with van der Waals surface area (Å²) >= 11 is 0. The van der Waals surface area contributed by atoms with E-state index in [1.54, 1.807) is 0 Å². The van der Waals surface area contributed by atoms with Gasteiger partial charge in [-0.15, -0.1) is 0 Å². The van der Waals surface area contributed by atoms with Crippen molar-refractivity contribution in [3.05, 3.63) is 24.7 Å². The predicted octanol–water partition coefficient (Wildman–Crippen LogP) is -1.18. The van der Waals surface area contributed by atoms with Crippen LogP contribution in [0.5, 0.6) is 0 Å². The van der Waals surface area contributed by atoms with E-state index in [9.17, 15) is 28.8 Å². The van der Waals surface area contributed by atoms with E-state index in [0.717, 1.165) is 0 Å². The summed E-state index contributed by atoms with van der Waals surface area (Å²) in [6.45, 7) is 3.82. The lowest BCUT2D eigenvalue weighted by Crippen LogP contribution is -2.44. The Morgan fingerprint density at radius 1 is 1.23 bits per heavy atom. The van der Waals surface area contributed by atoms with Crippen molar-refractivity contribution in [2.24, 2.45) is 10.7 Å². The second-order valence-corrected chi connectivity index (χ2v) is 10.7. The highest BCUT2D eigenvalue weighted by Gasteiger charge is 2.55. The van der Waals surface area contributed by atoms with Gasteiger partial charge in [-0.25, -0.2) is 18.7 Å². The van der Waals surface area contributed by atoms with Gasteiger partial charge in [-0.3, -0.25) is 4.52 Å². The molecule has 2 rings (SSSR count). The smallest absolute Gasteiger partial charge is 0.387 e. The van der Waals surface area contributed by atoms with Gasteiger partial charge in [-0.05, 0) is 13.0 Å². The third kappa shape index (κ3) is 6.28. The Kier molecular flexibility index (Phi) is 7.19. The molecule has 2 heterocycles. The molecule has 19 heteroatoms. The van der Waals surface area contributed by atoms with Gasteiger partial charge in [0.25, 0.3) is 0 Å². The van der Waals surface area contributed by atoms with Gasteiger partial charge >= 0.3 is 23.5 Å². The van der Waals surface area contributed by atoms with E-state index in [0.29, 0.717) is 0 Å². The molecule has 2 aliphatic rings. The molecule has 0 aromatic heterocycles. The topological polar surface area (TPSA) is 251 Å². The number of rotatable bonds is 8. The van der Waals surface area contributed by atoms with Crippen LogP contribution >= 0.6 is 23.5 Å². The minimum atomic E-state index is -5.70.